The van der Waals surface area contributed by atoms with Gasteiger partial charge < -0.3 is 9.47 Å². The Balaban J connectivity index is 1.83. The van der Waals surface area contributed by atoms with E-state index in [0.29, 0.717) is 0 Å². The molecule has 2 aromatic rings. The Bertz CT molecular complexity index is 924. The van der Waals surface area contributed by atoms with E-state index in [1.165, 1.54) is 43.2 Å². The molecule has 1 aromatic carbocycles. The Kier molecular flexibility index (Phi) is 5.63. The van der Waals surface area contributed by atoms with Crippen LogP contribution in [0, 0.1) is 0 Å². The van der Waals surface area contributed by atoms with E-state index in [-0.39, 0.29) is 5.41 Å². The van der Waals surface area contributed by atoms with Crippen LogP contribution < -0.4 is 9.47 Å². The summed E-state index contributed by atoms with van der Waals surface area (Å²) in [5.41, 5.74) is 5.73. The molecule has 30 heavy (non-hydrogen) atoms. The van der Waals surface area contributed by atoms with Crippen molar-refractivity contribution in [3.63, 3.8) is 0 Å². The van der Waals surface area contributed by atoms with E-state index in [1.54, 1.807) is 0 Å². The van der Waals surface area contributed by atoms with Crippen LogP contribution in [0.15, 0.2) is 12.3 Å². The van der Waals surface area contributed by atoms with Crippen molar-refractivity contribution < 1.29 is 9.47 Å². The van der Waals surface area contributed by atoms with Crippen LogP contribution in [-0.4, -0.2) is 16.4 Å². The predicted octanol–water partition coefficient (Wildman–Crippen LogP) is 6.77. The van der Waals surface area contributed by atoms with E-state index in [9.17, 15) is 0 Å². The third-order valence-electron chi connectivity index (χ3n) is 6.89. The molecule has 0 radical (unpaired) electrons. The molecule has 0 aliphatic carbocycles. The molecular weight excluding hydrogens is 372 g/mol. The van der Waals surface area contributed by atoms with Crippen LogP contribution in [0.1, 0.15) is 96.8 Å². The lowest BCUT2D eigenvalue weighted by molar-refractivity contribution is 0.104. The first kappa shape index (κ1) is 21.3. The molecule has 0 N–H and O–H groups in total. The zero-order valence-corrected chi connectivity index (χ0v) is 19.7. The molecule has 0 fully saturated rings. The highest BCUT2D eigenvalue weighted by atomic mass is 16.5. The number of ether oxygens (including phenoxy) is 2. The summed E-state index contributed by atoms with van der Waals surface area (Å²) in [5.74, 6) is 1.96. The second-order valence-electron chi connectivity index (χ2n) is 10.1. The lowest BCUT2D eigenvalue weighted by atomic mass is 9.75. The molecule has 0 saturated heterocycles. The van der Waals surface area contributed by atoms with E-state index in [0.717, 1.165) is 54.3 Å². The molecule has 0 spiro atoms. The van der Waals surface area contributed by atoms with E-state index >= 15 is 0 Å². The van der Waals surface area contributed by atoms with Gasteiger partial charge in [-0.25, -0.2) is 0 Å². The summed E-state index contributed by atoms with van der Waals surface area (Å²) in [7, 11) is 0. The summed E-state index contributed by atoms with van der Waals surface area (Å²) < 4.78 is 15.0. The van der Waals surface area contributed by atoms with Gasteiger partial charge in [-0.3, -0.25) is 4.68 Å². The van der Waals surface area contributed by atoms with Crippen molar-refractivity contribution in [3.8, 4) is 22.8 Å². The average Bonchev–Trinajstić information content (AvgIpc) is 3.16. The van der Waals surface area contributed by atoms with Crippen molar-refractivity contribution in [2.24, 2.45) is 0 Å². The van der Waals surface area contributed by atoms with Crippen LogP contribution in [0.2, 0.25) is 0 Å². The minimum atomic E-state index is -0.402. The van der Waals surface area contributed by atoms with Gasteiger partial charge >= 0.3 is 0 Å². The molecule has 0 atom stereocenters. The predicted molar refractivity (Wildman–Crippen MR) is 123 cm³/mol. The summed E-state index contributed by atoms with van der Waals surface area (Å²) in [6.45, 7) is 15.1. The fraction of sp³-hybridized carbons (Fsp3) is 0.654. The van der Waals surface area contributed by atoms with Crippen LogP contribution >= 0.6 is 0 Å². The molecule has 164 valence electrons. The maximum absolute atomic E-state index is 6.62. The zero-order chi connectivity index (χ0) is 21.5. The zero-order valence-electron chi connectivity index (χ0n) is 19.7. The largest absolute Gasteiger partial charge is 0.492 e. The Morgan fingerprint density at radius 1 is 1.17 bits per heavy atom. The molecule has 1 aromatic heterocycles. The van der Waals surface area contributed by atoms with Crippen molar-refractivity contribution in [1.29, 1.82) is 0 Å². The Morgan fingerprint density at radius 3 is 2.70 bits per heavy atom. The van der Waals surface area contributed by atoms with Crippen molar-refractivity contribution >= 4 is 0 Å². The summed E-state index contributed by atoms with van der Waals surface area (Å²) in [5, 5.41) is 4.93. The number of hydrogen-bond donors (Lipinski definition) is 0. The van der Waals surface area contributed by atoms with Crippen LogP contribution in [0.3, 0.4) is 0 Å². The number of nitrogens with zero attached hydrogens (tertiary/aromatic N) is 2. The molecule has 0 unspecified atom stereocenters. The molecular formula is C26H38N2O2. The van der Waals surface area contributed by atoms with Gasteiger partial charge in [0.25, 0.3) is 0 Å². The van der Waals surface area contributed by atoms with Crippen LogP contribution in [-0.2, 0) is 24.0 Å². The average molecular weight is 411 g/mol. The summed E-state index contributed by atoms with van der Waals surface area (Å²) in [6, 6.07) is 2.32. The maximum atomic E-state index is 6.62. The van der Waals surface area contributed by atoms with Gasteiger partial charge in [0.1, 0.15) is 22.8 Å². The van der Waals surface area contributed by atoms with Crippen LogP contribution in [0.4, 0.5) is 0 Å². The van der Waals surface area contributed by atoms with Crippen LogP contribution in [0.25, 0.3) is 11.3 Å². The van der Waals surface area contributed by atoms with Crippen molar-refractivity contribution in [2.75, 3.05) is 6.61 Å². The van der Waals surface area contributed by atoms with Crippen molar-refractivity contribution in [3.05, 3.63) is 29.0 Å². The summed E-state index contributed by atoms with van der Waals surface area (Å²) >= 11 is 0. The topological polar surface area (TPSA) is 36.3 Å². The lowest BCUT2D eigenvalue weighted by Crippen LogP contribution is -2.30. The molecule has 0 bridgehead atoms. The van der Waals surface area contributed by atoms with Gasteiger partial charge in [0.2, 0.25) is 0 Å². The number of fused-ring (bicyclic) bond motifs is 5. The molecule has 3 heterocycles. The molecule has 2 aliphatic rings. The fourth-order valence-corrected chi connectivity index (χ4v) is 5.08. The standard InChI is InChI=1S/C26H38N2O2/c1-7-9-10-11-14-25(3,4)19-16-21-22(24-18(19)13-12-15-29-24)23-20(26(5,6)30-21)17-28(8-2)27-23/h16-17H,7-15H2,1-6H3. The van der Waals surface area contributed by atoms with E-state index in [4.69, 9.17) is 14.6 Å². The second-order valence-corrected chi connectivity index (χ2v) is 10.1. The lowest BCUT2D eigenvalue weighted by Gasteiger charge is -2.37. The minimum Gasteiger partial charge on any atom is -0.492 e. The quantitative estimate of drug-likeness (QED) is 0.473. The molecule has 0 saturated carbocycles. The van der Waals surface area contributed by atoms with Gasteiger partial charge in [0, 0.05) is 18.3 Å². The third kappa shape index (κ3) is 3.63. The number of rotatable bonds is 7. The van der Waals surface area contributed by atoms with Crippen molar-refractivity contribution in [2.45, 2.75) is 104 Å². The summed E-state index contributed by atoms with van der Waals surface area (Å²) in [4.78, 5) is 0. The number of aryl methyl sites for hydroxylation is 1. The second kappa shape index (κ2) is 7.94. The number of hydrogen-bond acceptors (Lipinski definition) is 3. The highest BCUT2D eigenvalue weighted by Crippen LogP contribution is 2.53. The fourth-order valence-electron chi connectivity index (χ4n) is 5.08. The first-order valence-electron chi connectivity index (χ1n) is 11.9. The normalized spacial score (nSPS) is 16.9. The minimum absolute atomic E-state index is 0.101. The van der Waals surface area contributed by atoms with E-state index < -0.39 is 5.60 Å². The van der Waals surface area contributed by atoms with Crippen molar-refractivity contribution in [1.82, 2.24) is 9.78 Å². The molecule has 4 rings (SSSR count). The number of aromatic nitrogens is 2. The van der Waals surface area contributed by atoms with Gasteiger partial charge in [-0.05, 0) is 62.6 Å². The first-order valence-corrected chi connectivity index (χ1v) is 11.9. The molecule has 2 aliphatic heterocycles. The number of unbranched alkanes of at least 4 members (excludes halogenated alkanes) is 3. The Hall–Kier alpha value is -1.97. The molecule has 4 nitrogen and oxygen atoms in total. The van der Waals surface area contributed by atoms with Crippen LogP contribution in [0.5, 0.6) is 11.5 Å². The highest BCUT2D eigenvalue weighted by molar-refractivity contribution is 5.82. The Labute approximate surface area is 182 Å². The summed E-state index contributed by atoms with van der Waals surface area (Å²) in [6.07, 6.45) is 10.7. The van der Waals surface area contributed by atoms with Gasteiger partial charge in [0.05, 0.1) is 12.2 Å². The molecule has 0 amide bonds. The van der Waals surface area contributed by atoms with E-state index in [1.807, 2.05) is 4.68 Å². The van der Waals surface area contributed by atoms with Gasteiger partial charge in [-0.2, -0.15) is 5.10 Å². The first-order chi connectivity index (χ1) is 14.3. The monoisotopic (exact) mass is 410 g/mol. The SMILES string of the molecule is CCCCCCC(C)(C)c1cc2c(c3c1CCCO3)-c1nn(CC)cc1C(C)(C)O2. The van der Waals surface area contributed by atoms with Gasteiger partial charge in [-0.1, -0.05) is 46.5 Å². The Morgan fingerprint density at radius 2 is 1.97 bits per heavy atom. The van der Waals surface area contributed by atoms with Gasteiger partial charge in [-0.15, -0.1) is 0 Å². The van der Waals surface area contributed by atoms with E-state index in [2.05, 4.69) is 53.8 Å². The smallest absolute Gasteiger partial charge is 0.136 e. The van der Waals surface area contributed by atoms with Gasteiger partial charge in [0.15, 0.2) is 0 Å². The maximum Gasteiger partial charge on any atom is 0.136 e. The molecule has 4 heteroatoms. The third-order valence-corrected chi connectivity index (χ3v) is 6.89. The highest BCUT2D eigenvalue weighted by Gasteiger charge is 2.40. The number of benzene rings is 1.